The molecule has 1 amide bonds. The summed E-state index contributed by atoms with van der Waals surface area (Å²) in [6, 6.07) is 5.86. The average molecular weight is 345 g/mol. The van der Waals surface area contributed by atoms with E-state index in [-0.39, 0.29) is 24.2 Å². The minimum Gasteiger partial charge on any atom is -0.372 e. The third-order valence-electron chi connectivity index (χ3n) is 4.62. The molecule has 2 aromatic rings. The summed E-state index contributed by atoms with van der Waals surface area (Å²) < 4.78 is 12.0. The van der Waals surface area contributed by atoms with Gasteiger partial charge in [-0.15, -0.1) is 11.3 Å². The van der Waals surface area contributed by atoms with Crippen molar-refractivity contribution in [1.29, 1.82) is 0 Å². The quantitative estimate of drug-likeness (QED) is 0.849. The topological polar surface area (TPSA) is 64.6 Å². The monoisotopic (exact) mass is 345 g/mol. The largest absolute Gasteiger partial charge is 0.372 e. The number of morpholine rings is 1. The van der Waals surface area contributed by atoms with Gasteiger partial charge in [-0.3, -0.25) is 9.78 Å². The molecule has 1 saturated heterocycles. The Morgan fingerprint density at radius 3 is 3.12 bits per heavy atom. The van der Waals surface area contributed by atoms with E-state index in [1.165, 1.54) is 11.3 Å². The van der Waals surface area contributed by atoms with E-state index >= 15 is 0 Å². The highest BCUT2D eigenvalue weighted by atomic mass is 32.1. The smallest absolute Gasteiger partial charge is 0.273 e. The van der Waals surface area contributed by atoms with Crippen LogP contribution in [0.3, 0.4) is 0 Å². The Balaban J connectivity index is 1.42. The van der Waals surface area contributed by atoms with Gasteiger partial charge in [-0.2, -0.15) is 0 Å². The second-order valence-electron chi connectivity index (χ2n) is 6.02. The molecule has 0 unspecified atom stereocenters. The summed E-state index contributed by atoms with van der Waals surface area (Å²) in [5.41, 5.74) is 3.13. The molecule has 4 rings (SSSR count). The normalized spacial score (nSPS) is 26.3. The minimum absolute atomic E-state index is 0.0000685. The Hall–Kier alpha value is -1.83. The fraction of sp³-hybridized carbons (Fsp3) is 0.471. The lowest BCUT2D eigenvalue weighted by Crippen LogP contribution is -2.53. The number of rotatable bonds is 4. The summed E-state index contributed by atoms with van der Waals surface area (Å²) in [6.45, 7) is 1.63. The van der Waals surface area contributed by atoms with Gasteiger partial charge in [0.1, 0.15) is 11.8 Å². The molecule has 0 N–H and O–H groups in total. The van der Waals surface area contributed by atoms with Crippen LogP contribution < -0.4 is 0 Å². The van der Waals surface area contributed by atoms with E-state index in [0.29, 0.717) is 25.5 Å². The minimum atomic E-state index is -0.0648. The van der Waals surface area contributed by atoms with Gasteiger partial charge in [0.25, 0.3) is 5.91 Å². The Kier molecular flexibility index (Phi) is 4.55. The van der Waals surface area contributed by atoms with Crippen molar-refractivity contribution in [2.45, 2.75) is 37.7 Å². The fourth-order valence-electron chi connectivity index (χ4n) is 3.49. The first-order chi connectivity index (χ1) is 11.8. The van der Waals surface area contributed by atoms with E-state index in [9.17, 15) is 4.79 Å². The van der Waals surface area contributed by atoms with Crippen molar-refractivity contribution >= 4 is 17.2 Å². The summed E-state index contributed by atoms with van der Waals surface area (Å²) in [6.07, 6.45) is 3.49. The summed E-state index contributed by atoms with van der Waals surface area (Å²) in [4.78, 5) is 23.0. The summed E-state index contributed by atoms with van der Waals surface area (Å²) in [7, 11) is 0. The van der Waals surface area contributed by atoms with E-state index in [1.54, 1.807) is 17.1 Å². The van der Waals surface area contributed by atoms with Crippen molar-refractivity contribution in [2.75, 3.05) is 13.2 Å². The first-order valence-electron chi connectivity index (χ1n) is 8.15. The molecule has 2 aliphatic rings. The average Bonchev–Trinajstić information content (AvgIpc) is 3.30. The molecule has 0 aromatic carbocycles. The van der Waals surface area contributed by atoms with Crippen LogP contribution in [0.2, 0.25) is 0 Å². The number of carbonyl (C=O) groups is 1. The number of nitrogens with zero attached hydrogens (tertiary/aromatic N) is 3. The third-order valence-corrected chi connectivity index (χ3v) is 5.21. The number of pyridine rings is 1. The van der Waals surface area contributed by atoms with Gasteiger partial charge in [0.2, 0.25) is 0 Å². The van der Waals surface area contributed by atoms with Crippen LogP contribution in [-0.4, -0.2) is 52.2 Å². The van der Waals surface area contributed by atoms with Crippen LogP contribution in [0.1, 0.15) is 29.0 Å². The second-order valence-corrected chi connectivity index (χ2v) is 6.74. The van der Waals surface area contributed by atoms with Gasteiger partial charge in [-0.1, -0.05) is 6.07 Å². The Bertz CT molecular complexity index is 680. The van der Waals surface area contributed by atoms with Gasteiger partial charge < -0.3 is 14.4 Å². The molecule has 1 aliphatic carbocycles. The number of hydrogen-bond acceptors (Lipinski definition) is 6. The van der Waals surface area contributed by atoms with Crippen LogP contribution in [0.4, 0.5) is 0 Å². The first kappa shape index (κ1) is 15.7. The van der Waals surface area contributed by atoms with Crippen molar-refractivity contribution in [3.63, 3.8) is 0 Å². The molecule has 7 heteroatoms. The van der Waals surface area contributed by atoms with E-state index in [0.717, 1.165) is 18.5 Å². The molecule has 0 bridgehead atoms. The van der Waals surface area contributed by atoms with Crippen molar-refractivity contribution in [3.8, 4) is 0 Å². The van der Waals surface area contributed by atoms with Gasteiger partial charge in [-0.05, 0) is 25.0 Å². The van der Waals surface area contributed by atoms with Crippen molar-refractivity contribution in [3.05, 3.63) is 46.7 Å². The van der Waals surface area contributed by atoms with E-state index in [2.05, 4.69) is 9.97 Å². The molecule has 0 spiro atoms. The second kappa shape index (κ2) is 6.96. The van der Waals surface area contributed by atoms with Gasteiger partial charge in [0.05, 0.1) is 36.6 Å². The molecule has 2 fully saturated rings. The maximum absolute atomic E-state index is 12.7. The molecule has 24 heavy (non-hydrogen) atoms. The van der Waals surface area contributed by atoms with Crippen LogP contribution in [0.15, 0.2) is 35.3 Å². The number of fused-ring (bicyclic) bond motifs is 1. The molecule has 3 heterocycles. The zero-order chi connectivity index (χ0) is 16.4. The van der Waals surface area contributed by atoms with Crippen LogP contribution in [-0.2, 0) is 16.1 Å². The molecule has 1 saturated carbocycles. The maximum atomic E-state index is 12.7. The number of ether oxygens (including phenoxy) is 2. The number of carbonyl (C=O) groups excluding carboxylic acids is 1. The molecular formula is C17H19N3O3S. The standard InChI is InChI=1S/C17H19N3O3S/c21-17(13-10-24-11-19-13)20-7-8-22-16-14(20)4-5-15(16)23-9-12-3-1-2-6-18-12/h1-3,6,10-11,14-16H,4-5,7-9H2/t14-,15+,16+/m0/s1. The van der Waals surface area contributed by atoms with E-state index in [4.69, 9.17) is 9.47 Å². The molecule has 2 aromatic heterocycles. The lowest BCUT2D eigenvalue weighted by molar-refractivity contribution is -0.109. The molecular weight excluding hydrogens is 326 g/mol. The number of thiazole rings is 1. The Labute approximate surface area is 144 Å². The van der Waals surface area contributed by atoms with Gasteiger partial charge in [-0.25, -0.2) is 4.98 Å². The predicted octanol–water partition coefficient (Wildman–Crippen LogP) is 2.13. The van der Waals surface area contributed by atoms with Crippen molar-refractivity contribution in [1.82, 2.24) is 14.9 Å². The number of hydrogen-bond donors (Lipinski definition) is 0. The first-order valence-corrected chi connectivity index (χ1v) is 9.09. The van der Waals surface area contributed by atoms with Gasteiger partial charge in [0.15, 0.2) is 0 Å². The molecule has 0 radical (unpaired) electrons. The van der Waals surface area contributed by atoms with Crippen LogP contribution >= 0.6 is 11.3 Å². The Morgan fingerprint density at radius 1 is 1.38 bits per heavy atom. The van der Waals surface area contributed by atoms with Gasteiger partial charge in [0, 0.05) is 18.1 Å². The number of amides is 1. The highest BCUT2D eigenvalue weighted by Crippen LogP contribution is 2.33. The van der Waals surface area contributed by atoms with Crippen LogP contribution in [0.5, 0.6) is 0 Å². The zero-order valence-electron chi connectivity index (χ0n) is 13.2. The summed E-state index contributed by atoms with van der Waals surface area (Å²) >= 11 is 1.44. The lowest BCUT2D eigenvalue weighted by atomic mass is 10.1. The highest BCUT2D eigenvalue weighted by Gasteiger charge is 2.45. The zero-order valence-corrected chi connectivity index (χ0v) is 14.0. The molecule has 3 atom stereocenters. The lowest BCUT2D eigenvalue weighted by Gasteiger charge is -2.38. The van der Waals surface area contributed by atoms with Crippen molar-refractivity contribution in [2.24, 2.45) is 0 Å². The summed E-state index contributed by atoms with van der Waals surface area (Å²) in [5, 5.41) is 1.80. The SMILES string of the molecule is O=C(c1cscn1)N1CCO[C@H]2[C@H](OCc3ccccn3)CC[C@@H]21. The third kappa shape index (κ3) is 3.07. The fourth-order valence-corrected chi connectivity index (χ4v) is 4.01. The summed E-state index contributed by atoms with van der Waals surface area (Å²) in [5.74, 6) is -0.0000685. The molecule has 6 nitrogen and oxygen atoms in total. The van der Waals surface area contributed by atoms with E-state index < -0.39 is 0 Å². The van der Waals surface area contributed by atoms with E-state index in [1.807, 2.05) is 23.1 Å². The van der Waals surface area contributed by atoms with Crippen LogP contribution in [0, 0.1) is 0 Å². The Morgan fingerprint density at radius 2 is 2.33 bits per heavy atom. The van der Waals surface area contributed by atoms with Crippen molar-refractivity contribution < 1.29 is 14.3 Å². The molecule has 126 valence electrons. The van der Waals surface area contributed by atoms with Crippen LogP contribution in [0.25, 0.3) is 0 Å². The predicted molar refractivity (Wildman–Crippen MR) is 88.7 cm³/mol. The maximum Gasteiger partial charge on any atom is 0.273 e. The number of aromatic nitrogens is 2. The molecule has 1 aliphatic heterocycles. The highest BCUT2D eigenvalue weighted by molar-refractivity contribution is 7.07. The van der Waals surface area contributed by atoms with Gasteiger partial charge >= 0.3 is 0 Å².